The van der Waals surface area contributed by atoms with Crippen LogP contribution in [-0.4, -0.2) is 0 Å². The van der Waals surface area contributed by atoms with Crippen molar-refractivity contribution < 1.29 is 4.42 Å². The first-order chi connectivity index (χ1) is 5.16. The van der Waals surface area contributed by atoms with E-state index in [1.54, 1.807) is 0 Å². The number of rotatable bonds is 2. The summed E-state index contributed by atoms with van der Waals surface area (Å²) in [7, 11) is 0. The first kappa shape index (κ1) is 8.38. The van der Waals surface area contributed by atoms with Crippen molar-refractivity contribution >= 4 is 0 Å². The number of aryl methyl sites for hydroxylation is 1. The van der Waals surface area contributed by atoms with E-state index in [4.69, 9.17) is 4.42 Å². The predicted molar refractivity (Wildman–Crippen MR) is 46.9 cm³/mol. The van der Waals surface area contributed by atoms with Gasteiger partial charge in [-0.3, -0.25) is 0 Å². The van der Waals surface area contributed by atoms with Gasteiger partial charge in [0.25, 0.3) is 0 Å². The fourth-order valence-corrected chi connectivity index (χ4v) is 1.43. The van der Waals surface area contributed by atoms with Crippen LogP contribution in [0.25, 0.3) is 0 Å². The Labute approximate surface area is 68.4 Å². The summed E-state index contributed by atoms with van der Waals surface area (Å²) < 4.78 is 5.45. The molecule has 0 saturated heterocycles. The Morgan fingerprint density at radius 3 is 2.45 bits per heavy atom. The summed E-state index contributed by atoms with van der Waals surface area (Å²) in [6.07, 6.45) is 2.93. The van der Waals surface area contributed by atoms with Gasteiger partial charge in [0, 0.05) is 5.92 Å². The van der Waals surface area contributed by atoms with E-state index in [0.29, 0.717) is 5.92 Å². The monoisotopic (exact) mass is 152 g/mol. The Morgan fingerprint density at radius 2 is 2.09 bits per heavy atom. The molecule has 62 valence electrons. The van der Waals surface area contributed by atoms with Crippen molar-refractivity contribution in [3.63, 3.8) is 0 Å². The minimum atomic E-state index is 0.513. The zero-order valence-electron chi connectivity index (χ0n) is 7.77. The Morgan fingerprint density at radius 1 is 1.45 bits per heavy atom. The molecular formula is C10H16O. The van der Waals surface area contributed by atoms with Crippen molar-refractivity contribution in [3.8, 4) is 0 Å². The molecule has 0 amide bonds. The van der Waals surface area contributed by atoms with Gasteiger partial charge in [-0.25, -0.2) is 0 Å². The van der Waals surface area contributed by atoms with Crippen LogP contribution in [0, 0.1) is 6.92 Å². The highest BCUT2D eigenvalue weighted by Crippen LogP contribution is 2.24. The van der Waals surface area contributed by atoms with Crippen molar-refractivity contribution in [1.29, 1.82) is 0 Å². The van der Waals surface area contributed by atoms with E-state index in [0.717, 1.165) is 12.2 Å². The van der Waals surface area contributed by atoms with Gasteiger partial charge >= 0.3 is 0 Å². The number of hydrogen-bond acceptors (Lipinski definition) is 1. The molecule has 1 aromatic rings. The summed E-state index contributed by atoms with van der Waals surface area (Å²) in [5, 5.41) is 0. The van der Waals surface area contributed by atoms with Crippen molar-refractivity contribution in [2.45, 2.75) is 40.0 Å². The zero-order valence-corrected chi connectivity index (χ0v) is 7.77. The Bertz CT molecular complexity index is 233. The quantitative estimate of drug-likeness (QED) is 0.634. The lowest BCUT2D eigenvalue weighted by molar-refractivity contribution is 0.481. The largest absolute Gasteiger partial charge is 0.469 e. The second kappa shape index (κ2) is 3.12. The van der Waals surface area contributed by atoms with Gasteiger partial charge in [-0.05, 0) is 24.5 Å². The highest BCUT2D eigenvalue weighted by Gasteiger charge is 2.11. The second-order valence-corrected chi connectivity index (χ2v) is 3.27. The minimum Gasteiger partial charge on any atom is -0.469 e. The molecule has 1 rings (SSSR count). The third kappa shape index (κ3) is 1.47. The molecule has 0 unspecified atom stereocenters. The van der Waals surface area contributed by atoms with Gasteiger partial charge in [0.2, 0.25) is 0 Å². The molecule has 0 radical (unpaired) electrons. The highest BCUT2D eigenvalue weighted by atomic mass is 16.3. The normalized spacial score (nSPS) is 11.0. The van der Waals surface area contributed by atoms with Gasteiger partial charge in [0.05, 0.1) is 6.26 Å². The van der Waals surface area contributed by atoms with Crippen LogP contribution in [0.5, 0.6) is 0 Å². The van der Waals surface area contributed by atoms with Crippen LogP contribution in [0.4, 0.5) is 0 Å². The van der Waals surface area contributed by atoms with E-state index >= 15 is 0 Å². The van der Waals surface area contributed by atoms with E-state index in [-0.39, 0.29) is 0 Å². The maximum Gasteiger partial charge on any atom is 0.109 e. The average molecular weight is 152 g/mol. The van der Waals surface area contributed by atoms with Crippen LogP contribution in [0.3, 0.4) is 0 Å². The van der Waals surface area contributed by atoms with E-state index in [1.807, 2.05) is 6.26 Å². The Hall–Kier alpha value is -0.720. The van der Waals surface area contributed by atoms with Crippen molar-refractivity contribution in [1.82, 2.24) is 0 Å². The molecule has 11 heavy (non-hydrogen) atoms. The van der Waals surface area contributed by atoms with Gasteiger partial charge in [0.1, 0.15) is 5.76 Å². The number of hydrogen-bond donors (Lipinski definition) is 0. The molecule has 0 aliphatic rings. The molecule has 1 heterocycles. The molecule has 0 aliphatic carbocycles. The molecule has 1 aromatic heterocycles. The first-order valence-corrected chi connectivity index (χ1v) is 4.23. The molecule has 0 aromatic carbocycles. The Kier molecular flexibility index (Phi) is 2.38. The summed E-state index contributed by atoms with van der Waals surface area (Å²) in [6.45, 7) is 8.60. The summed E-state index contributed by atoms with van der Waals surface area (Å²) >= 11 is 0. The van der Waals surface area contributed by atoms with E-state index in [2.05, 4.69) is 27.7 Å². The lowest BCUT2D eigenvalue weighted by Crippen LogP contribution is -1.90. The van der Waals surface area contributed by atoms with Crippen LogP contribution in [0.2, 0.25) is 0 Å². The molecule has 0 fully saturated rings. The lowest BCUT2D eigenvalue weighted by Gasteiger charge is -2.03. The maximum absolute atomic E-state index is 5.45. The molecular weight excluding hydrogens is 136 g/mol. The average Bonchev–Trinajstić information content (AvgIpc) is 2.30. The molecule has 1 heteroatoms. The molecule has 0 spiro atoms. The standard InChI is InChI=1S/C10H16O/c1-5-9-8(4)6-11-10(9)7(2)3/h6-7H,5H2,1-4H3. The fraction of sp³-hybridized carbons (Fsp3) is 0.600. The summed E-state index contributed by atoms with van der Waals surface area (Å²) in [6, 6.07) is 0. The van der Waals surface area contributed by atoms with Crippen LogP contribution in [-0.2, 0) is 6.42 Å². The molecule has 0 N–H and O–H groups in total. The van der Waals surface area contributed by atoms with Gasteiger partial charge in [-0.2, -0.15) is 0 Å². The Balaban J connectivity index is 3.05. The van der Waals surface area contributed by atoms with Crippen LogP contribution >= 0.6 is 0 Å². The molecule has 0 aliphatic heterocycles. The smallest absolute Gasteiger partial charge is 0.109 e. The third-order valence-electron chi connectivity index (χ3n) is 2.01. The molecule has 0 atom stereocenters. The summed E-state index contributed by atoms with van der Waals surface area (Å²) in [5.41, 5.74) is 2.68. The maximum atomic E-state index is 5.45. The van der Waals surface area contributed by atoms with Crippen LogP contribution < -0.4 is 0 Å². The van der Waals surface area contributed by atoms with E-state index in [1.165, 1.54) is 11.1 Å². The highest BCUT2D eigenvalue weighted by molar-refractivity contribution is 5.28. The molecule has 1 nitrogen and oxygen atoms in total. The van der Waals surface area contributed by atoms with Gasteiger partial charge in [-0.1, -0.05) is 20.8 Å². The summed E-state index contributed by atoms with van der Waals surface area (Å²) in [5.74, 6) is 1.67. The van der Waals surface area contributed by atoms with Crippen LogP contribution in [0.1, 0.15) is 43.6 Å². The molecule has 0 saturated carbocycles. The predicted octanol–water partition coefficient (Wildman–Crippen LogP) is 3.27. The van der Waals surface area contributed by atoms with Crippen molar-refractivity contribution in [2.75, 3.05) is 0 Å². The van der Waals surface area contributed by atoms with Gasteiger partial charge in [0.15, 0.2) is 0 Å². The fourth-order valence-electron chi connectivity index (χ4n) is 1.43. The van der Waals surface area contributed by atoms with Crippen molar-refractivity contribution in [2.24, 2.45) is 0 Å². The van der Waals surface area contributed by atoms with Crippen LogP contribution in [0.15, 0.2) is 10.7 Å². The summed E-state index contributed by atoms with van der Waals surface area (Å²) in [4.78, 5) is 0. The van der Waals surface area contributed by atoms with E-state index in [9.17, 15) is 0 Å². The second-order valence-electron chi connectivity index (χ2n) is 3.27. The first-order valence-electron chi connectivity index (χ1n) is 4.23. The van der Waals surface area contributed by atoms with Crippen molar-refractivity contribution in [3.05, 3.63) is 23.2 Å². The zero-order chi connectivity index (χ0) is 8.43. The minimum absolute atomic E-state index is 0.513. The third-order valence-corrected chi connectivity index (χ3v) is 2.01. The SMILES string of the molecule is CCc1c(C)coc1C(C)C. The lowest BCUT2D eigenvalue weighted by atomic mass is 10.0. The number of furan rings is 1. The van der Waals surface area contributed by atoms with E-state index < -0.39 is 0 Å². The van der Waals surface area contributed by atoms with Gasteiger partial charge < -0.3 is 4.42 Å². The molecule has 0 bridgehead atoms. The topological polar surface area (TPSA) is 13.1 Å². The van der Waals surface area contributed by atoms with Gasteiger partial charge in [-0.15, -0.1) is 0 Å².